The number of pyridine rings is 1. The maximum absolute atomic E-state index is 11.6. The zero-order valence-electron chi connectivity index (χ0n) is 18.2. The molecule has 0 fully saturated rings. The minimum absolute atomic E-state index is 0.101. The number of anilines is 2. The van der Waals surface area contributed by atoms with Crippen LogP contribution in [0.3, 0.4) is 0 Å². The lowest BCUT2D eigenvalue weighted by atomic mass is 10.0. The summed E-state index contributed by atoms with van der Waals surface area (Å²) in [7, 11) is 0. The van der Waals surface area contributed by atoms with Gasteiger partial charge in [0.15, 0.2) is 5.13 Å². The van der Waals surface area contributed by atoms with Gasteiger partial charge in [-0.2, -0.15) is 5.10 Å². The molecule has 0 aliphatic heterocycles. The van der Waals surface area contributed by atoms with Gasteiger partial charge in [-0.25, -0.2) is 9.97 Å². The number of hydrogen-bond donors (Lipinski definition) is 2. The van der Waals surface area contributed by atoms with Crippen LogP contribution in [-0.4, -0.2) is 32.2 Å². The van der Waals surface area contributed by atoms with Gasteiger partial charge < -0.3 is 10.6 Å². The van der Waals surface area contributed by atoms with E-state index in [9.17, 15) is 4.79 Å². The highest BCUT2D eigenvalue weighted by molar-refractivity contribution is 7.19. The number of thiazole rings is 1. The van der Waals surface area contributed by atoms with Gasteiger partial charge in [0.05, 0.1) is 27.5 Å². The summed E-state index contributed by atoms with van der Waals surface area (Å²) in [5.74, 6) is 0.767. The number of hydrogen-bond acceptors (Lipinski definition) is 6. The van der Waals surface area contributed by atoms with Crippen molar-refractivity contribution in [1.82, 2.24) is 19.7 Å². The first-order chi connectivity index (χ1) is 14.3. The van der Waals surface area contributed by atoms with Crippen molar-refractivity contribution in [2.45, 2.75) is 59.4 Å². The summed E-state index contributed by atoms with van der Waals surface area (Å²) in [6.07, 6.45) is 4.72. The number of carbonyl (C=O) groups excluding carboxylic acids is 1. The van der Waals surface area contributed by atoms with Gasteiger partial charge in [0.1, 0.15) is 5.82 Å². The van der Waals surface area contributed by atoms with Crippen LogP contribution in [0.15, 0.2) is 18.3 Å². The van der Waals surface area contributed by atoms with E-state index in [1.165, 1.54) is 23.8 Å². The van der Waals surface area contributed by atoms with E-state index in [1.54, 1.807) is 0 Å². The number of amides is 1. The second-order valence-electron chi connectivity index (χ2n) is 8.55. The molecular weight excluding hydrogens is 396 g/mol. The van der Waals surface area contributed by atoms with E-state index < -0.39 is 0 Å². The molecule has 0 saturated heterocycles. The van der Waals surface area contributed by atoms with Crippen LogP contribution in [-0.2, 0) is 23.2 Å². The Morgan fingerprint density at radius 2 is 2.07 bits per heavy atom. The minimum atomic E-state index is -0.195. The van der Waals surface area contributed by atoms with Crippen molar-refractivity contribution in [3.63, 3.8) is 0 Å². The summed E-state index contributed by atoms with van der Waals surface area (Å²) in [6.45, 7) is 10.9. The van der Waals surface area contributed by atoms with Crippen LogP contribution >= 0.6 is 11.3 Å². The fourth-order valence-electron chi connectivity index (χ4n) is 3.80. The fourth-order valence-corrected chi connectivity index (χ4v) is 4.92. The SMILES string of the molecule is CCNc1ccc(-c2nn(C(C)(C)C)c3c2CCCc2nc(NC(C)=O)sc2-3)cn1. The van der Waals surface area contributed by atoms with E-state index in [-0.39, 0.29) is 11.4 Å². The lowest BCUT2D eigenvalue weighted by molar-refractivity contribution is -0.114. The predicted molar refractivity (Wildman–Crippen MR) is 122 cm³/mol. The molecule has 0 bridgehead atoms. The van der Waals surface area contributed by atoms with Crippen LogP contribution in [0, 0.1) is 0 Å². The summed E-state index contributed by atoms with van der Waals surface area (Å²) >= 11 is 1.54. The van der Waals surface area contributed by atoms with E-state index in [1.807, 2.05) is 12.3 Å². The van der Waals surface area contributed by atoms with E-state index >= 15 is 0 Å². The number of nitrogens with zero attached hydrogens (tertiary/aromatic N) is 4. The van der Waals surface area contributed by atoms with Gasteiger partial charge in [-0.15, -0.1) is 0 Å². The van der Waals surface area contributed by atoms with Gasteiger partial charge in [-0.3, -0.25) is 9.48 Å². The highest BCUT2D eigenvalue weighted by atomic mass is 32.1. The molecule has 0 atom stereocenters. The zero-order chi connectivity index (χ0) is 21.5. The number of rotatable bonds is 4. The molecule has 30 heavy (non-hydrogen) atoms. The average molecular weight is 425 g/mol. The Morgan fingerprint density at radius 1 is 1.27 bits per heavy atom. The Morgan fingerprint density at radius 3 is 2.70 bits per heavy atom. The number of carbonyl (C=O) groups is 1. The number of aromatic nitrogens is 4. The molecule has 0 spiro atoms. The van der Waals surface area contributed by atoms with Gasteiger partial charge in [0.2, 0.25) is 5.91 Å². The van der Waals surface area contributed by atoms with Crippen LogP contribution in [0.5, 0.6) is 0 Å². The molecule has 0 saturated carbocycles. The molecule has 0 unspecified atom stereocenters. The molecule has 1 aliphatic carbocycles. The maximum Gasteiger partial charge on any atom is 0.223 e. The van der Waals surface area contributed by atoms with Crippen molar-refractivity contribution in [3.05, 3.63) is 29.6 Å². The van der Waals surface area contributed by atoms with Gasteiger partial charge in [-0.05, 0) is 59.1 Å². The first-order valence-corrected chi connectivity index (χ1v) is 11.2. The van der Waals surface area contributed by atoms with E-state index in [2.05, 4.69) is 54.1 Å². The maximum atomic E-state index is 11.6. The fraction of sp³-hybridized carbons (Fsp3) is 0.455. The second-order valence-corrected chi connectivity index (χ2v) is 9.55. The number of fused-ring (bicyclic) bond motifs is 3. The van der Waals surface area contributed by atoms with Crippen molar-refractivity contribution in [2.24, 2.45) is 0 Å². The Hall–Kier alpha value is -2.74. The monoisotopic (exact) mass is 424 g/mol. The molecule has 3 heterocycles. The topological polar surface area (TPSA) is 84.7 Å². The molecule has 3 aromatic rings. The molecule has 8 heteroatoms. The zero-order valence-corrected chi connectivity index (χ0v) is 19.0. The van der Waals surface area contributed by atoms with Crippen LogP contribution in [0.2, 0.25) is 0 Å². The average Bonchev–Trinajstić information content (AvgIpc) is 3.19. The normalized spacial score (nSPS) is 13.4. The molecule has 0 radical (unpaired) electrons. The van der Waals surface area contributed by atoms with Crippen molar-refractivity contribution < 1.29 is 4.79 Å². The number of nitrogens with one attached hydrogen (secondary N) is 2. The number of aryl methyl sites for hydroxylation is 1. The van der Waals surface area contributed by atoms with Gasteiger partial charge in [-0.1, -0.05) is 11.3 Å². The Kier molecular flexibility index (Phi) is 5.36. The van der Waals surface area contributed by atoms with Crippen LogP contribution in [0.4, 0.5) is 10.9 Å². The Balaban J connectivity index is 1.88. The second kappa shape index (κ2) is 7.83. The van der Waals surface area contributed by atoms with Crippen LogP contribution < -0.4 is 10.6 Å². The minimum Gasteiger partial charge on any atom is -0.370 e. The van der Waals surface area contributed by atoms with Crippen molar-refractivity contribution in [3.8, 4) is 21.8 Å². The third kappa shape index (κ3) is 3.84. The molecular formula is C22H28N6OS. The van der Waals surface area contributed by atoms with Crippen LogP contribution in [0.1, 0.15) is 52.3 Å². The lowest BCUT2D eigenvalue weighted by Gasteiger charge is -2.22. The summed E-state index contributed by atoms with van der Waals surface area (Å²) in [6, 6.07) is 4.09. The molecule has 2 N–H and O–H groups in total. The van der Waals surface area contributed by atoms with E-state index in [0.717, 1.165) is 59.1 Å². The largest absolute Gasteiger partial charge is 0.370 e. The Labute approximate surface area is 181 Å². The highest BCUT2D eigenvalue weighted by Gasteiger charge is 2.31. The van der Waals surface area contributed by atoms with E-state index in [4.69, 9.17) is 10.1 Å². The van der Waals surface area contributed by atoms with E-state index in [0.29, 0.717) is 5.13 Å². The molecule has 7 nitrogen and oxygen atoms in total. The summed E-state index contributed by atoms with van der Waals surface area (Å²) in [5, 5.41) is 11.8. The van der Waals surface area contributed by atoms with Crippen molar-refractivity contribution in [2.75, 3.05) is 17.2 Å². The molecule has 158 valence electrons. The molecule has 3 aromatic heterocycles. The summed E-state index contributed by atoms with van der Waals surface area (Å²) in [4.78, 5) is 21.9. The van der Waals surface area contributed by atoms with Crippen molar-refractivity contribution >= 4 is 28.2 Å². The molecule has 1 amide bonds. The molecule has 1 aliphatic rings. The molecule has 0 aromatic carbocycles. The van der Waals surface area contributed by atoms with Crippen molar-refractivity contribution in [1.29, 1.82) is 0 Å². The van der Waals surface area contributed by atoms with Gasteiger partial charge >= 0.3 is 0 Å². The van der Waals surface area contributed by atoms with Gasteiger partial charge in [0.25, 0.3) is 0 Å². The smallest absolute Gasteiger partial charge is 0.223 e. The first kappa shape index (κ1) is 20.5. The Bertz CT molecular complexity index is 1070. The standard InChI is InChI=1S/C22H28N6OS/c1-6-23-17-11-10-14(12-24-17)18-15-8-7-9-16-20(30-21(26-16)25-13(2)29)19(15)28(27-18)22(3,4)5/h10-12H,6-9H2,1-5H3,(H,23,24)(H,25,26,29). The lowest BCUT2D eigenvalue weighted by Crippen LogP contribution is -2.24. The predicted octanol–water partition coefficient (Wildman–Crippen LogP) is 4.70. The molecule has 4 rings (SSSR count). The quantitative estimate of drug-likeness (QED) is 0.634. The van der Waals surface area contributed by atoms with Crippen LogP contribution in [0.25, 0.3) is 21.8 Å². The first-order valence-electron chi connectivity index (χ1n) is 10.4. The highest BCUT2D eigenvalue weighted by Crippen LogP contribution is 2.43. The third-order valence-electron chi connectivity index (χ3n) is 5.05. The van der Waals surface area contributed by atoms with Gasteiger partial charge in [0, 0.05) is 30.8 Å². The summed E-state index contributed by atoms with van der Waals surface area (Å²) in [5.41, 5.74) is 5.21. The third-order valence-corrected chi connectivity index (χ3v) is 6.07. The summed E-state index contributed by atoms with van der Waals surface area (Å²) < 4.78 is 2.12.